The molecule has 2 aromatic carbocycles. The lowest BCUT2D eigenvalue weighted by Crippen LogP contribution is -2.27. The van der Waals surface area contributed by atoms with Crippen LogP contribution in [0.15, 0.2) is 65.8 Å². The first kappa shape index (κ1) is 18.1. The van der Waals surface area contributed by atoms with Crippen molar-refractivity contribution in [3.8, 4) is 11.4 Å². The van der Waals surface area contributed by atoms with E-state index in [1.165, 1.54) is 0 Å². The third-order valence-electron chi connectivity index (χ3n) is 3.63. The molecule has 134 valence electrons. The molecule has 0 aliphatic carbocycles. The number of hydrogen-bond acceptors (Lipinski definition) is 4. The molecule has 8 heteroatoms. The van der Waals surface area contributed by atoms with Crippen LogP contribution in [0.1, 0.15) is 5.56 Å². The number of aromatic nitrogens is 2. The van der Waals surface area contributed by atoms with Crippen LogP contribution in [0.2, 0.25) is 0 Å². The van der Waals surface area contributed by atoms with Crippen molar-refractivity contribution in [2.75, 3.05) is 6.54 Å². The molecule has 0 unspecified atom stereocenters. The average Bonchev–Trinajstić information content (AvgIpc) is 2.62. The third kappa shape index (κ3) is 4.27. The maximum absolute atomic E-state index is 13.6. The van der Waals surface area contributed by atoms with Gasteiger partial charge in [0, 0.05) is 30.6 Å². The summed E-state index contributed by atoms with van der Waals surface area (Å²) < 4.78 is 53.0. The minimum absolute atomic E-state index is 0.0349. The van der Waals surface area contributed by atoms with Crippen LogP contribution in [-0.4, -0.2) is 24.9 Å². The van der Waals surface area contributed by atoms with Gasteiger partial charge in [0.1, 0.15) is 16.5 Å². The summed E-state index contributed by atoms with van der Waals surface area (Å²) in [4.78, 5) is 7.92. The Labute approximate surface area is 149 Å². The molecule has 0 amide bonds. The van der Waals surface area contributed by atoms with Gasteiger partial charge in [0.2, 0.25) is 10.0 Å². The standard InChI is InChI=1S/C18H15F2N3O2S/c19-15-6-7-17(16(20)10-15)26(24,25)23-9-8-13-11-21-18(22-12-13)14-4-2-1-3-5-14/h1-7,10-12,23H,8-9H2. The second-order valence-corrected chi connectivity index (χ2v) is 7.24. The van der Waals surface area contributed by atoms with Gasteiger partial charge in [0.05, 0.1) is 0 Å². The van der Waals surface area contributed by atoms with Crippen LogP contribution in [0.25, 0.3) is 11.4 Å². The number of sulfonamides is 1. The Bertz CT molecular complexity index is 995. The molecule has 26 heavy (non-hydrogen) atoms. The summed E-state index contributed by atoms with van der Waals surface area (Å²) in [6.07, 6.45) is 3.56. The smallest absolute Gasteiger partial charge is 0.236 e. The molecule has 3 aromatic rings. The first-order valence-corrected chi connectivity index (χ1v) is 9.25. The van der Waals surface area contributed by atoms with Crippen molar-refractivity contribution >= 4 is 10.0 Å². The van der Waals surface area contributed by atoms with E-state index in [0.29, 0.717) is 18.3 Å². The summed E-state index contributed by atoms with van der Waals surface area (Å²) >= 11 is 0. The van der Waals surface area contributed by atoms with Crippen molar-refractivity contribution in [3.63, 3.8) is 0 Å². The zero-order chi connectivity index (χ0) is 18.6. The fourth-order valence-corrected chi connectivity index (χ4v) is 3.41. The largest absolute Gasteiger partial charge is 0.243 e. The zero-order valence-corrected chi connectivity index (χ0v) is 14.4. The van der Waals surface area contributed by atoms with E-state index in [2.05, 4.69) is 14.7 Å². The predicted molar refractivity (Wildman–Crippen MR) is 92.7 cm³/mol. The number of hydrogen-bond donors (Lipinski definition) is 1. The molecule has 0 saturated carbocycles. The van der Waals surface area contributed by atoms with Crippen molar-refractivity contribution in [2.24, 2.45) is 0 Å². The highest BCUT2D eigenvalue weighted by atomic mass is 32.2. The van der Waals surface area contributed by atoms with Crippen LogP contribution >= 0.6 is 0 Å². The van der Waals surface area contributed by atoms with E-state index >= 15 is 0 Å². The number of halogens is 2. The number of benzene rings is 2. The van der Waals surface area contributed by atoms with Gasteiger partial charge in [-0.15, -0.1) is 0 Å². The van der Waals surface area contributed by atoms with Crippen LogP contribution in [0.3, 0.4) is 0 Å². The minimum atomic E-state index is -4.06. The Balaban J connectivity index is 1.62. The summed E-state index contributed by atoms with van der Waals surface area (Å²) in [7, 11) is -4.06. The molecule has 0 fully saturated rings. The first-order valence-electron chi connectivity index (χ1n) is 7.77. The van der Waals surface area contributed by atoms with Crippen molar-refractivity contribution < 1.29 is 17.2 Å². The van der Waals surface area contributed by atoms with Crippen LogP contribution in [-0.2, 0) is 16.4 Å². The molecular weight excluding hydrogens is 360 g/mol. The van der Waals surface area contributed by atoms with E-state index in [1.54, 1.807) is 12.4 Å². The lowest BCUT2D eigenvalue weighted by molar-refractivity contribution is 0.543. The van der Waals surface area contributed by atoms with Crippen molar-refractivity contribution in [3.05, 3.63) is 78.1 Å². The molecule has 0 spiro atoms. The van der Waals surface area contributed by atoms with Crippen molar-refractivity contribution in [1.82, 2.24) is 14.7 Å². The molecule has 0 saturated heterocycles. The van der Waals surface area contributed by atoms with E-state index in [0.717, 1.165) is 23.3 Å². The molecule has 1 N–H and O–H groups in total. The molecule has 0 atom stereocenters. The van der Waals surface area contributed by atoms with Gasteiger partial charge in [0.15, 0.2) is 5.82 Å². The van der Waals surface area contributed by atoms with Gasteiger partial charge in [0.25, 0.3) is 0 Å². The van der Waals surface area contributed by atoms with E-state index in [9.17, 15) is 17.2 Å². The van der Waals surface area contributed by atoms with Gasteiger partial charge in [-0.3, -0.25) is 0 Å². The maximum atomic E-state index is 13.6. The van der Waals surface area contributed by atoms with Crippen molar-refractivity contribution in [2.45, 2.75) is 11.3 Å². The zero-order valence-electron chi connectivity index (χ0n) is 13.6. The number of nitrogens with one attached hydrogen (secondary N) is 1. The summed E-state index contributed by atoms with van der Waals surface area (Å²) in [6, 6.07) is 11.8. The summed E-state index contributed by atoms with van der Waals surface area (Å²) in [5.41, 5.74) is 1.61. The van der Waals surface area contributed by atoms with E-state index in [4.69, 9.17) is 0 Å². The van der Waals surface area contributed by atoms with E-state index < -0.39 is 26.6 Å². The van der Waals surface area contributed by atoms with E-state index in [-0.39, 0.29) is 6.54 Å². The van der Waals surface area contributed by atoms with Gasteiger partial charge in [-0.05, 0) is 24.1 Å². The highest BCUT2D eigenvalue weighted by Gasteiger charge is 2.19. The van der Waals surface area contributed by atoms with Gasteiger partial charge < -0.3 is 0 Å². The van der Waals surface area contributed by atoms with Crippen LogP contribution in [0.5, 0.6) is 0 Å². The molecular formula is C18H15F2N3O2S. The Kier molecular flexibility index (Phi) is 5.34. The van der Waals surface area contributed by atoms with Crippen LogP contribution in [0.4, 0.5) is 8.78 Å². The molecule has 3 rings (SSSR count). The van der Waals surface area contributed by atoms with Gasteiger partial charge in [-0.2, -0.15) is 0 Å². The van der Waals surface area contributed by atoms with Gasteiger partial charge in [-0.1, -0.05) is 30.3 Å². The topological polar surface area (TPSA) is 72.0 Å². The minimum Gasteiger partial charge on any atom is -0.236 e. The molecule has 1 aromatic heterocycles. The highest BCUT2D eigenvalue weighted by molar-refractivity contribution is 7.89. The van der Waals surface area contributed by atoms with Gasteiger partial charge >= 0.3 is 0 Å². The van der Waals surface area contributed by atoms with E-state index in [1.807, 2.05) is 30.3 Å². The second-order valence-electron chi connectivity index (χ2n) is 5.50. The SMILES string of the molecule is O=S(=O)(NCCc1cnc(-c2ccccc2)nc1)c1ccc(F)cc1F. The van der Waals surface area contributed by atoms with Crippen LogP contribution in [0, 0.1) is 11.6 Å². The normalized spacial score (nSPS) is 11.5. The summed E-state index contributed by atoms with van der Waals surface area (Å²) in [6.45, 7) is 0.0349. The average molecular weight is 375 g/mol. The lowest BCUT2D eigenvalue weighted by Gasteiger charge is -2.08. The third-order valence-corrected chi connectivity index (χ3v) is 5.12. The molecule has 0 aliphatic heterocycles. The second kappa shape index (κ2) is 7.67. The summed E-state index contributed by atoms with van der Waals surface area (Å²) in [5.74, 6) is -1.39. The molecule has 0 bridgehead atoms. The Morgan fingerprint density at radius 1 is 0.962 bits per heavy atom. The van der Waals surface area contributed by atoms with Gasteiger partial charge in [-0.25, -0.2) is 31.9 Å². The molecule has 0 radical (unpaired) electrons. The summed E-state index contributed by atoms with van der Waals surface area (Å²) in [5, 5.41) is 0. The Morgan fingerprint density at radius 2 is 1.65 bits per heavy atom. The number of rotatable bonds is 6. The van der Waals surface area contributed by atoms with Crippen LogP contribution < -0.4 is 4.72 Å². The maximum Gasteiger partial charge on any atom is 0.243 e. The molecule has 0 aliphatic rings. The lowest BCUT2D eigenvalue weighted by atomic mass is 10.2. The fourth-order valence-electron chi connectivity index (χ4n) is 2.32. The first-order chi connectivity index (χ1) is 12.5. The predicted octanol–water partition coefficient (Wildman–Crippen LogP) is 2.94. The quantitative estimate of drug-likeness (QED) is 0.719. The Morgan fingerprint density at radius 3 is 2.31 bits per heavy atom. The monoisotopic (exact) mass is 375 g/mol. The molecule has 5 nitrogen and oxygen atoms in total. The molecule has 1 heterocycles. The highest BCUT2D eigenvalue weighted by Crippen LogP contribution is 2.16. The number of nitrogens with zero attached hydrogens (tertiary/aromatic N) is 2. The van der Waals surface area contributed by atoms with Crippen molar-refractivity contribution in [1.29, 1.82) is 0 Å². The fraction of sp³-hybridized carbons (Fsp3) is 0.111. The Hall–Kier alpha value is -2.71.